The summed E-state index contributed by atoms with van der Waals surface area (Å²) >= 11 is 3.39. The number of ketones is 1. The smallest absolute Gasteiger partial charge is 0.175 e. The van der Waals surface area contributed by atoms with E-state index < -0.39 is 0 Å². The lowest BCUT2D eigenvalue weighted by Crippen LogP contribution is -2.14. The highest BCUT2D eigenvalue weighted by Crippen LogP contribution is 2.40. The van der Waals surface area contributed by atoms with Crippen molar-refractivity contribution in [3.05, 3.63) is 51.7 Å². The molecule has 0 aliphatic heterocycles. The minimum Gasteiger partial charge on any atom is -0.293 e. The number of hydrogen-bond donors (Lipinski definition) is 0. The average molecular weight is 383 g/mol. The molecule has 1 aromatic carbocycles. The minimum absolute atomic E-state index is 0.156. The summed E-state index contributed by atoms with van der Waals surface area (Å²) in [5.74, 6) is 0.942. The van der Waals surface area contributed by atoms with Crippen LogP contribution in [0.5, 0.6) is 0 Å². The second-order valence-electron chi connectivity index (χ2n) is 6.96. The molecule has 2 aromatic heterocycles. The van der Waals surface area contributed by atoms with Crippen molar-refractivity contribution in [2.75, 3.05) is 0 Å². The lowest BCUT2D eigenvalue weighted by molar-refractivity contribution is 0.0994. The Morgan fingerprint density at radius 1 is 1.12 bits per heavy atom. The quantitative estimate of drug-likeness (QED) is 0.337. The summed E-state index contributed by atoms with van der Waals surface area (Å²) < 4.78 is 0. The minimum atomic E-state index is -0.172. The average Bonchev–Trinajstić information content (AvgIpc) is 2.99. The van der Waals surface area contributed by atoms with E-state index in [2.05, 4.69) is 4.98 Å². The van der Waals surface area contributed by atoms with E-state index in [9.17, 15) is 4.79 Å². The monoisotopic (exact) mass is 382 g/mol. The molecule has 0 unspecified atom stereocenters. The lowest BCUT2D eigenvalue weighted by Gasteiger charge is -2.14. The molecule has 0 saturated carbocycles. The van der Waals surface area contributed by atoms with Crippen LogP contribution in [0.25, 0.3) is 10.2 Å². The summed E-state index contributed by atoms with van der Waals surface area (Å²) in [6, 6.07) is 7.82. The van der Waals surface area contributed by atoms with E-state index in [1.54, 1.807) is 11.8 Å². The molecule has 0 amide bonds. The fourth-order valence-electron chi connectivity index (χ4n) is 3.48. The summed E-state index contributed by atoms with van der Waals surface area (Å²) in [7, 11) is 0. The Labute approximate surface area is 162 Å². The van der Waals surface area contributed by atoms with E-state index in [1.807, 2.05) is 56.4 Å². The van der Waals surface area contributed by atoms with E-state index in [-0.39, 0.29) is 11.0 Å². The molecular weight excluding hydrogens is 360 g/mol. The topological polar surface area (TPSA) is 42.9 Å². The molecule has 0 radical (unpaired) electrons. The first-order valence-electron chi connectivity index (χ1n) is 9.09. The van der Waals surface area contributed by atoms with Crippen LogP contribution in [0.4, 0.5) is 0 Å². The second-order valence-corrected chi connectivity index (χ2v) is 9.37. The predicted octanol–water partition coefficient (Wildman–Crippen LogP) is 5.55. The van der Waals surface area contributed by atoms with Crippen molar-refractivity contribution >= 4 is 39.1 Å². The van der Waals surface area contributed by atoms with Crippen molar-refractivity contribution in [2.24, 2.45) is 0 Å². The molecule has 0 bridgehead atoms. The Morgan fingerprint density at radius 2 is 1.85 bits per heavy atom. The molecular formula is C21H22N2OS2. The Morgan fingerprint density at radius 3 is 2.62 bits per heavy atom. The maximum atomic E-state index is 12.8. The molecule has 1 aliphatic rings. The number of thiophene rings is 1. The highest BCUT2D eigenvalue weighted by molar-refractivity contribution is 8.00. The highest BCUT2D eigenvalue weighted by atomic mass is 32.2. The van der Waals surface area contributed by atoms with Crippen LogP contribution in [-0.4, -0.2) is 21.0 Å². The van der Waals surface area contributed by atoms with Crippen molar-refractivity contribution in [1.29, 1.82) is 0 Å². The maximum absolute atomic E-state index is 12.8. The fraction of sp³-hybridized carbons (Fsp3) is 0.381. The number of benzene rings is 1. The number of aryl methyl sites for hydroxylation is 4. The molecule has 5 heteroatoms. The van der Waals surface area contributed by atoms with Crippen molar-refractivity contribution in [3.8, 4) is 0 Å². The molecule has 0 fully saturated rings. The third-order valence-corrected chi connectivity index (χ3v) is 7.16. The Kier molecular flexibility index (Phi) is 4.84. The highest BCUT2D eigenvalue weighted by Gasteiger charge is 2.24. The number of fused-ring (bicyclic) bond motifs is 3. The van der Waals surface area contributed by atoms with E-state index >= 15 is 0 Å². The van der Waals surface area contributed by atoms with Gasteiger partial charge in [0.1, 0.15) is 15.7 Å². The van der Waals surface area contributed by atoms with Gasteiger partial charge in [-0.1, -0.05) is 41.6 Å². The number of aromatic nitrogens is 2. The predicted molar refractivity (Wildman–Crippen MR) is 110 cm³/mol. The van der Waals surface area contributed by atoms with Gasteiger partial charge in [-0.05, 0) is 52.0 Å². The SMILES string of the molecule is Cc1ccc(C(=O)[C@@H](C)Sc2nc(C)nc3sc4c(c23)CCCC4)cc1. The van der Waals surface area contributed by atoms with E-state index in [0.29, 0.717) is 0 Å². The van der Waals surface area contributed by atoms with Crippen LogP contribution in [-0.2, 0) is 12.8 Å². The molecule has 4 rings (SSSR count). The Bertz CT molecular complexity index is 976. The van der Waals surface area contributed by atoms with Gasteiger partial charge in [-0.25, -0.2) is 9.97 Å². The number of carbonyl (C=O) groups excluding carboxylic acids is 1. The number of hydrogen-bond acceptors (Lipinski definition) is 5. The molecule has 1 aliphatic carbocycles. The van der Waals surface area contributed by atoms with Crippen molar-refractivity contribution < 1.29 is 4.79 Å². The fourth-order valence-corrected chi connectivity index (χ4v) is 5.96. The van der Waals surface area contributed by atoms with Crippen LogP contribution >= 0.6 is 23.1 Å². The molecule has 0 N–H and O–H groups in total. The van der Waals surface area contributed by atoms with Gasteiger partial charge in [0, 0.05) is 15.8 Å². The number of carbonyl (C=O) groups is 1. The van der Waals surface area contributed by atoms with Gasteiger partial charge in [0.15, 0.2) is 5.78 Å². The first-order valence-corrected chi connectivity index (χ1v) is 10.8. The number of rotatable bonds is 4. The first-order chi connectivity index (χ1) is 12.5. The first kappa shape index (κ1) is 17.7. The molecule has 3 nitrogen and oxygen atoms in total. The van der Waals surface area contributed by atoms with Crippen LogP contribution in [0.2, 0.25) is 0 Å². The Balaban J connectivity index is 1.69. The third-order valence-electron chi connectivity index (χ3n) is 4.89. The van der Waals surface area contributed by atoms with Gasteiger partial charge < -0.3 is 0 Å². The van der Waals surface area contributed by atoms with Crippen LogP contribution in [0.1, 0.15) is 52.0 Å². The van der Waals surface area contributed by atoms with Crippen molar-refractivity contribution in [3.63, 3.8) is 0 Å². The molecule has 0 spiro atoms. The zero-order valence-corrected chi connectivity index (χ0v) is 17.0. The van der Waals surface area contributed by atoms with E-state index in [1.165, 1.54) is 34.2 Å². The second kappa shape index (κ2) is 7.12. The lowest BCUT2D eigenvalue weighted by atomic mass is 9.97. The normalized spacial score (nSPS) is 15.0. The summed E-state index contributed by atoms with van der Waals surface area (Å²) in [4.78, 5) is 24.8. The zero-order valence-electron chi connectivity index (χ0n) is 15.3. The Hall–Kier alpha value is -1.72. The van der Waals surface area contributed by atoms with Gasteiger partial charge in [0.2, 0.25) is 0 Å². The van der Waals surface area contributed by atoms with Crippen molar-refractivity contribution in [1.82, 2.24) is 9.97 Å². The van der Waals surface area contributed by atoms with Crippen LogP contribution in [0, 0.1) is 13.8 Å². The number of Topliss-reactive ketones (excluding diaryl/α,β-unsaturated/α-hetero) is 1. The number of nitrogens with zero attached hydrogens (tertiary/aromatic N) is 2. The summed E-state index contributed by atoms with van der Waals surface area (Å²) in [5.41, 5.74) is 3.36. The van der Waals surface area contributed by atoms with Crippen molar-refractivity contribution in [2.45, 2.75) is 56.7 Å². The van der Waals surface area contributed by atoms with Gasteiger partial charge >= 0.3 is 0 Å². The number of thioether (sulfide) groups is 1. The summed E-state index contributed by atoms with van der Waals surface area (Å²) in [6.45, 7) is 5.95. The molecule has 26 heavy (non-hydrogen) atoms. The van der Waals surface area contributed by atoms with Crippen LogP contribution < -0.4 is 0 Å². The van der Waals surface area contributed by atoms with Gasteiger partial charge in [-0.2, -0.15) is 0 Å². The summed E-state index contributed by atoms with van der Waals surface area (Å²) in [5, 5.41) is 2.00. The molecule has 0 saturated heterocycles. The van der Waals surface area contributed by atoms with Gasteiger partial charge in [0.25, 0.3) is 0 Å². The summed E-state index contributed by atoms with van der Waals surface area (Å²) in [6.07, 6.45) is 4.75. The van der Waals surface area contributed by atoms with Crippen LogP contribution in [0.3, 0.4) is 0 Å². The van der Waals surface area contributed by atoms with Crippen LogP contribution in [0.15, 0.2) is 29.3 Å². The van der Waals surface area contributed by atoms with E-state index in [4.69, 9.17) is 4.98 Å². The van der Waals surface area contributed by atoms with Gasteiger partial charge in [-0.15, -0.1) is 11.3 Å². The van der Waals surface area contributed by atoms with E-state index in [0.717, 1.165) is 34.1 Å². The van der Waals surface area contributed by atoms with Gasteiger partial charge in [0.05, 0.1) is 5.25 Å². The molecule has 1 atom stereocenters. The largest absolute Gasteiger partial charge is 0.293 e. The third kappa shape index (κ3) is 3.30. The maximum Gasteiger partial charge on any atom is 0.175 e. The van der Waals surface area contributed by atoms with Gasteiger partial charge in [-0.3, -0.25) is 4.79 Å². The molecule has 134 valence electrons. The molecule has 2 heterocycles. The standard InChI is InChI=1S/C21H22N2OS2/c1-12-8-10-15(11-9-12)19(24)13(2)25-20-18-16-6-4-5-7-17(16)26-21(18)23-14(3)22-20/h8-11,13H,4-7H2,1-3H3/t13-/m1/s1. The molecule has 3 aromatic rings. The zero-order chi connectivity index (χ0) is 18.3.